The molecule has 5 nitrogen and oxygen atoms in total. The largest absolute Gasteiger partial charge is 0.278 e. The second-order valence-electron chi connectivity index (χ2n) is 15.6. The van der Waals surface area contributed by atoms with Crippen LogP contribution < -0.4 is 0 Å². The van der Waals surface area contributed by atoms with Gasteiger partial charge < -0.3 is 0 Å². The number of nitrogens with zero attached hydrogens (tertiary/aromatic N) is 5. The van der Waals surface area contributed by atoms with Crippen molar-refractivity contribution in [3.8, 4) is 46.8 Å². The van der Waals surface area contributed by atoms with Crippen molar-refractivity contribution in [3.05, 3.63) is 230 Å². The first-order valence-electron chi connectivity index (χ1n) is 21.3. The first-order valence-corrected chi connectivity index (χ1v) is 22.9. The van der Waals surface area contributed by atoms with Crippen molar-refractivity contribution in [3.63, 3.8) is 0 Å². The van der Waals surface area contributed by atoms with Crippen molar-refractivity contribution in [1.82, 2.24) is 24.1 Å². The molecule has 0 aliphatic carbocycles. The van der Waals surface area contributed by atoms with E-state index in [0.717, 1.165) is 60.7 Å². The SMILES string of the molecule is C#C/C=C\c1c(C)c2ccccc2n1-c1nc(-c2cccc(-c3ccccc3S(c3ccccc3)(c3ccccc3)c3ccccc3)c2)nc(-n2c3ccccc3c3ccccc32)n1. The molecule has 0 saturated heterocycles. The predicted molar refractivity (Wildman–Crippen MR) is 264 cm³/mol. The number of rotatable bonds is 9. The van der Waals surface area contributed by atoms with Crippen LogP contribution in [0.2, 0.25) is 0 Å². The average Bonchev–Trinajstić information content (AvgIpc) is 3.86. The van der Waals surface area contributed by atoms with Gasteiger partial charge >= 0.3 is 0 Å². The van der Waals surface area contributed by atoms with Crippen LogP contribution >= 0.6 is 10.0 Å². The Kier molecular flexibility index (Phi) is 9.80. The molecular weight excluding hydrogens is 799 g/mol. The summed E-state index contributed by atoms with van der Waals surface area (Å²) in [6, 6.07) is 75.7. The van der Waals surface area contributed by atoms with Gasteiger partial charge in [-0.05, 0) is 102 Å². The number of benzene rings is 8. The van der Waals surface area contributed by atoms with Gasteiger partial charge in [-0.1, -0.05) is 152 Å². The molecule has 6 heteroatoms. The number of para-hydroxylation sites is 3. The van der Waals surface area contributed by atoms with Crippen LogP contribution in [0, 0.1) is 19.3 Å². The van der Waals surface area contributed by atoms with Gasteiger partial charge in [-0.3, -0.25) is 9.13 Å². The molecule has 0 atom stereocenters. The van der Waals surface area contributed by atoms with E-state index in [1.807, 2.05) is 12.1 Å². The molecule has 11 aromatic rings. The number of fused-ring (bicyclic) bond motifs is 4. The summed E-state index contributed by atoms with van der Waals surface area (Å²) in [5.74, 6) is 4.26. The van der Waals surface area contributed by atoms with Gasteiger partial charge in [0.25, 0.3) is 0 Å². The number of terminal acetylenes is 1. The van der Waals surface area contributed by atoms with Gasteiger partial charge in [0.2, 0.25) is 11.9 Å². The van der Waals surface area contributed by atoms with Crippen LogP contribution in [0.15, 0.2) is 238 Å². The molecule has 0 bridgehead atoms. The Morgan fingerprint density at radius 2 is 0.938 bits per heavy atom. The van der Waals surface area contributed by atoms with Gasteiger partial charge in [0.05, 0.1) is 22.2 Å². The fourth-order valence-electron chi connectivity index (χ4n) is 9.25. The van der Waals surface area contributed by atoms with Crippen LogP contribution in [0.5, 0.6) is 0 Å². The van der Waals surface area contributed by atoms with Crippen molar-refractivity contribution in [1.29, 1.82) is 0 Å². The zero-order valence-corrected chi connectivity index (χ0v) is 35.9. The normalized spacial score (nSPS) is 12.0. The first kappa shape index (κ1) is 38.7. The van der Waals surface area contributed by atoms with Gasteiger partial charge in [0.1, 0.15) is 0 Å². The molecule has 3 heterocycles. The number of allylic oxidation sites excluding steroid dienone is 1. The standard InChI is InChI=1S/C58H41N5S/c1-3-4-35-51-41(2)47-31-14-18-36-52(47)62(51)57-59-56(60-58(61-57)63-53-37-19-15-33-49(53)50-34-16-20-38-54(50)63)43-24-22-23-42(40-43)48-32-17-21-39-55(48)64(44-25-8-5-9-26-44,45-27-10-6-11-28-45)46-29-12-7-13-30-46/h1,4-40H,2H3/b35-4-. The smallest absolute Gasteiger partial charge is 0.240 e. The number of aryl methyl sites for hydroxylation is 1. The van der Waals surface area contributed by atoms with E-state index >= 15 is 0 Å². The first-order chi connectivity index (χ1) is 31.6. The highest BCUT2D eigenvalue weighted by Gasteiger charge is 2.35. The van der Waals surface area contributed by atoms with E-state index in [9.17, 15) is 0 Å². The Morgan fingerprint density at radius 3 is 1.52 bits per heavy atom. The van der Waals surface area contributed by atoms with Crippen LogP contribution in [0.1, 0.15) is 11.3 Å². The Labute approximate surface area is 374 Å². The molecule has 0 aliphatic heterocycles. The van der Waals surface area contributed by atoms with Crippen molar-refractivity contribution in [2.24, 2.45) is 0 Å². The van der Waals surface area contributed by atoms with E-state index in [4.69, 9.17) is 21.4 Å². The zero-order valence-electron chi connectivity index (χ0n) is 35.1. The third-order valence-electron chi connectivity index (χ3n) is 12.0. The maximum atomic E-state index is 5.81. The predicted octanol–water partition coefficient (Wildman–Crippen LogP) is 14.5. The second kappa shape index (κ2) is 16.2. The van der Waals surface area contributed by atoms with Gasteiger partial charge in [0.15, 0.2) is 5.82 Å². The topological polar surface area (TPSA) is 48.5 Å². The molecule has 0 N–H and O–H groups in total. The molecule has 0 radical (unpaired) electrons. The van der Waals surface area contributed by atoms with Crippen LogP contribution in [0.3, 0.4) is 0 Å². The van der Waals surface area contributed by atoms with E-state index in [2.05, 4.69) is 228 Å². The Bertz CT molecular complexity index is 3430. The summed E-state index contributed by atoms with van der Waals surface area (Å²) < 4.78 is 4.27. The molecule has 0 spiro atoms. The molecule has 0 unspecified atom stereocenters. The van der Waals surface area contributed by atoms with Gasteiger partial charge in [0, 0.05) is 41.3 Å². The van der Waals surface area contributed by atoms with Crippen LogP contribution in [-0.2, 0) is 0 Å². The lowest BCUT2D eigenvalue weighted by Gasteiger charge is -2.43. The summed E-state index contributed by atoms with van der Waals surface area (Å²) in [4.78, 5) is 21.1. The maximum Gasteiger partial charge on any atom is 0.240 e. The van der Waals surface area contributed by atoms with Crippen molar-refractivity contribution in [2.45, 2.75) is 26.5 Å². The quantitative estimate of drug-likeness (QED) is 0.136. The highest BCUT2D eigenvalue weighted by Crippen LogP contribution is 2.74. The third-order valence-corrected chi connectivity index (χ3v) is 16.0. The van der Waals surface area contributed by atoms with Crippen LogP contribution in [0.25, 0.3) is 73.2 Å². The molecule has 0 fully saturated rings. The Morgan fingerprint density at radius 1 is 0.469 bits per heavy atom. The van der Waals surface area contributed by atoms with Gasteiger partial charge in [-0.25, -0.2) is 0 Å². The van der Waals surface area contributed by atoms with Gasteiger partial charge in [-0.2, -0.15) is 15.0 Å². The Balaban J connectivity index is 1.18. The molecule has 0 aliphatic rings. The molecule has 11 rings (SSSR count). The maximum absolute atomic E-state index is 5.81. The minimum atomic E-state index is -1.99. The Hall–Kier alpha value is -8.24. The lowest BCUT2D eigenvalue weighted by molar-refractivity contribution is 0.876. The van der Waals surface area contributed by atoms with Crippen molar-refractivity contribution in [2.75, 3.05) is 0 Å². The molecule has 0 amide bonds. The van der Waals surface area contributed by atoms with Crippen molar-refractivity contribution >= 4 is 48.8 Å². The lowest BCUT2D eigenvalue weighted by atomic mass is 10.0. The minimum absolute atomic E-state index is 0.495. The number of hydrogen-bond acceptors (Lipinski definition) is 3. The van der Waals surface area contributed by atoms with Crippen LogP contribution in [0.4, 0.5) is 0 Å². The average molecular weight is 840 g/mol. The fraction of sp³-hybridized carbons (Fsp3) is 0.0172. The highest BCUT2D eigenvalue weighted by molar-refractivity contribution is 8.34. The van der Waals surface area contributed by atoms with Gasteiger partial charge in [-0.15, -0.1) is 16.5 Å². The van der Waals surface area contributed by atoms with E-state index in [0.29, 0.717) is 17.7 Å². The lowest BCUT2D eigenvalue weighted by Crippen LogP contribution is -2.11. The molecular formula is C58H41N5S. The van der Waals surface area contributed by atoms with E-state index < -0.39 is 10.0 Å². The summed E-state index contributed by atoms with van der Waals surface area (Å²) in [5, 5.41) is 3.35. The van der Waals surface area contributed by atoms with Crippen molar-refractivity contribution < 1.29 is 0 Å². The summed E-state index contributed by atoms with van der Waals surface area (Å²) in [6.45, 7) is 2.12. The summed E-state index contributed by atoms with van der Waals surface area (Å²) >= 11 is 0. The molecule has 64 heavy (non-hydrogen) atoms. The number of aromatic nitrogens is 5. The molecule has 0 saturated carbocycles. The summed E-state index contributed by atoms with van der Waals surface area (Å²) in [7, 11) is -1.99. The summed E-state index contributed by atoms with van der Waals surface area (Å²) in [6.07, 6.45) is 9.52. The van der Waals surface area contributed by atoms with E-state index in [-0.39, 0.29) is 0 Å². The summed E-state index contributed by atoms with van der Waals surface area (Å²) in [5.41, 5.74) is 8.07. The molecule has 304 valence electrons. The highest BCUT2D eigenvalue weighted by atomic mass is 32.3. The third kappa shape index (κ3) is 6.33. The fourth-order valence-corrected chi connectivity index (χ4v) is 13.3. The van der Waals surface area contributed by atoms with Crippen LogP contribution in [-0.4, -0.2) is 24.1 Å². The number of hydrogen-bond donors (Lipinski definition) is 0. The van der Waals surface area contributed by atoms with E-state index in [1.165, 1.54) is 19.6 Å². The van der Waals surface area contributed by atoms with E-state index in [1.54, 1.807) is 6.08 Å². The molecule has 3 aromatic heterocycles. The minimum Gasteiger partial charge on any atom is -0.278 e. The second-order valence-corrected chi connectivity index (χ2v) is 18.7. The molecule has 8 aromatic carbocycles. The zero-order chi connectivity index (χ0) is 43.0. The monoisotopic (exact) mass is 839 g/mol.